The summed E-state index contributed by atoms with van der Waals surface area (Å²) in [5.41, 5.74) is 5.15. The highest BCUT2D eigenvalue weighted by Crippen LogP contribution is 2.20. The van der Waals surface area contributed by atoms with Gasteiger partial charge in [-0.1, -0.05) is 36.4 Å². The van der Waals surface area contributed by atoms with Crippen LogP contribution in [-0.2, 0) is 17.8 Å². The molecular formula is C25H34N4O. The summed E-state index contributed by atoms with van der Waals surface area (Å²) < 4.78 is 5.98. The third kappa shape index (κ3) is 6.56. The molecule has 5 heteroatoms. The molecule has 0 aliphatic carbocycles. The van der Waals surface area contributed by atoms with Crippen molar-refractivity contribution < 1.29 is 4.74 Å². The lowest BCUT2D eigenvalue weighted by molar-refractivity contribution is -0.0300. The lowest BCUT2D eigenvalue weighted by Gasteiger charge is -2.33. The van der Waals surface area contributed by atoms with Gasteiger partial charge in [0.2, 0.25) is 0 Å². The van der Waals surface area contributed by atoms with Crippen LogP contribution in [0.15, 0.2) is 48.5 Å². The van der Waals surface area contributed by atoms with Crippen LogP contribution in [0.5, 0.6) is 0 Å². The van der Waals surface area contributed by atoms with Gasteiger partial charge in [0.05, 0.1) is 25.2 Å². The maximum absolute atomic E-state index is 8.85. The molecule has 0 radical (unpaired) electrons. The summed E-state index contributed by atoms with van der Waals surface area (Å²) in [5.74, 6) is 0. The summed E-state index contributed by atoms with van der Waals surface area (Å²) in [5, 5.41) is 12.4. The van der Waals surface area contributed by atoms with E-state index in [2.05, 4.69) is 83.6 Å². The first-order valence-electron chi connectivity index (χ1n) is 11.0. The second-order valence-corrected chi connectivity index (χ2v) is 7.94. The zero-order valence-corrected chi connectivity index (χ0v) is 18.3. The molecule has 1 saturated heterocycles. The van der Waals surface area contributed by atoms with E-state index in [0.29, 0.717) is 6.42 Å². The van der Waals surface area contributed by atoms with E-state index in [9.17, 15) is 0 Å². The number of hydrogen-bond acceptors (Lipinski definition) is 5. The maximum Gasteiger partial charge on any atom is 0.0826 e. The zero-order chi connectivity index (χ0) is 21.2. The lowest BCUT2D eigenvalue weighted by Crippen LogP contribution is -2.46. The van der Waals surface area contributed by atoms with E-state index in [-0.39, 0.29) is 6.10 Å². The number of benzene rings is 2. The number of nitriles is 1. The molecule has 30 heavy (non-hydrogen) atoms. The van der Waals surface area contributed by atoms with Gasteiger partial charge >= 0.3 is 0 Å². The number of nitrogens with one attached hydrogen (secondary N) is 1. The van der Waals surface area contributed by atoms with Crippen molar-refractivity contribution in [1.29, 1.82) is 5.26 Å². The average Bonchev–Trinajstić information content (AvgIpc) is 2.77. The summed E-state index contributed by atoms with van der Waals surface area (Å²) in [6.07, 6.45) is 0.780. The predicted molar refractivity (Wildman–Crippen MR) is 122 cm³/mol. The number of ether oxygens (including phenoxy) is 1. The number of nitrogens with zero attached hydrogens (tertiary/aromatic N) is 3. The summed E-state index contributed by atoms with van der Waals surface area (Å²) in [7, 11) is 0. The number of hydrogen-bond donors (Lipinski definition) is 1. The molecule has 1 fully saturated rings. The Bertz CT molecular complexity index is 818. The fourth-order valence-electron chi connectivity index (χ4n) is 3.99. The smallest absolute Gasteiger partial charge is 0.0826 e. The van der Waals surface area contributed by atoms with E-state index in [0.717, 1.165) is 52.4 Å². The van der Waals surface area contributed by atoms with Crippen molar-refractivity contribution >= 4 is 5.69 Å². The van der Waals surface area contributed by atoms with Crippen molar-refractivity contribution in [3.63, 3.8) is 0 Å². The number of rotatable bonds is 10. The molecule has 1 atom stereocenters. The van der Waals surface area contributed by atoms with Gasteiger partial charge in [0, 0.05) is 51.5 Å². The van der Waals surface area contributed by atoms with E-state index in [1.807, 2.05) is 0 Å². The van der Waals surface area contributed by atoms with Crippen LogP contribution in [0.25, 0.3) is 0 Å². The first kappa shape index (κ1) is 22.3. The molecule has 1 N–H and O–H groups in total. The van der Waals surface area contributed by atoms with Crippen LogP contribution in [0, 0.1) is 18.3 Å². The van der Waals surface area contributed by atoms with Crippen LogP contribution < -0.4 is 10.2 Å². The molecule has 0 amide bonds. The molecule has 1 heterocycles. The number of aryl methyl sites for hydroxylation is 1. The molecular weight excluding hydrogens is 372 g/mol. The molecule has 2 aromatic carbocycles. The molecule has 1 aliphatic heterocycles. The Morgan fingerprint density at radius 2 is 2.07 bits per heavy atom. The Morgan fingerprint density at radius 1 is 1.23 bits per heavy atom. The van der Waals surface area contributed by atoms with Gasteiger partial charge in [0.15, 0.2) is 0 Å². The van der Waals surface area contributed by atoms with Crippen LogP contribution in [-0.4, -0.2) is 50.3 Å². The van der Waals surface area contributed by atoms with Crippen molar-refractivity contribution in [1.82, 2.24) is 10.2 Å². The minimum Gasteiger partial charge on any atom is -0.374 e. The van der Waals surface area contributed by atoms with Crippen molar-refractivity contribution in [2.45, 2.75) is 39.5 Å². The van der Waals surface area contributed by atoms with Crippen LogP contribution in [0.3, 0.4) is 0 Å². The maximum atomic E-state index is 8.85. The van der Waals surface area contributed by atoms with Crippen molar-refractivity contribution in [2.75, 3.05) is 44.2 Å². The lowest BCUT2D eigenvalue weighted by atomic mass is 10.1. The summed E-state index contributed by atoms with van der Waals surface area (Å²) in [6.45, 7) is 11.4. The zero-order valence-electron chi connectivity index (χ0n) is 18.3. The normalized spacial score (nSPS) is 16.9. The Kier molecular flexibility index (Phi) is 8.70. The van der Waals surface area contributed by atoms with Crippen molar-refractivity contribution in [2.24, 2.45) is 0 Å². The minimum absolute atomic E-state index is 0.226. The standard InChI is InChI=1S/C25H34N4O/c1-3-29(13-7-12-26)24-11-10-23(21(2)16-24)17-27-18-25-20-28(14-15-30-25)19-22-8-5-4-6-9-22/h4-6,8-11,16,25,27H,3,7,13-15,17-20H2,1-2H3/t25-/m0/s1. The highest BCUT2D eigenvalue weighted by atomic mass is 16.5. The molecule has 5 nitrogen and oxygen atoms in total. The molecule has 0 spiro atoms. The predicted octanol–water partition coefficient (Wildman–Crippen LogP) is 3.73. The van der Waals surface area contributed by atoms with Crippen LogP contribution >= 0.6 is 0 Å². The highest BCUT2D eigenvalue weighted by molar-refractivity contribution is 5.50. The number of morpholine rings is 1. The third-order valence-electron chi connectivity index (χ3n) is 5.73. The SMILES string of the molecule is CCN(CCC#N)c1ccc(CNC[C@H]2CN(Cc3ccccc3)CCO2)c(C)c1. The van der Waals surface area contributed by atoms with Crippen LogP contribution in [0.1, 0.15) is 30.0 Å². The molecule has 160 valence electrons. The van der Waals surface area contributed by atoms with Crippen LogP contribution in [0.4, 0.5) is 5.69 Å². The summed E-state index contributed by atoms with van der Waals surface area (Å²) in [6, 6.07) is 19.5. The molecule has 0 bridgehead atoms. The average molecular weight is 407 g/mol. The fraction of sp³-hybridized carbons (Fsp3) is 0.480. The van der Waals surface area contributed by atoms with Crippen molar-refractivity contribution in [3.05, 3.63) is 65.2 Å². The molecule has 3 rings (SSSR count). The summed E-state index contributed by atoms with van der Waals surface area (Å²) in [4.78, 5) is 4.73. The first-order valence-corrected chi connectivity index (χ1v) is 11.0. The highest BCUT2D eigenvalue weighted by Gasteiger charge is 2.20. The van der Waals surface area contributed by atoms with E-state index in [1.165, 1.54) is 22.4 Å². The van der Waals surface area contributed by atoms with E-state index in [1.54, 1.807) is 0 Å². The topological polar surface area (TPSA) is 51.5 Å². The third-order valence-corrected chi connectivity index (χ3v) is 5.73. The summed E-state index contributed by atoms with van der Waals surface area (Å²) >= 11 is 0. The quantitative estimate of drug-likeness (QED) is 0.652. The van der Waals surface area contributed by atoms with Gasteiger partial charge in [-0.05, 0) is 42.7 Å². The van der Waals surface area contributed by atoms with Gasteiger partial charge in [-0.2, -0.15) is 5.26 Å². The van der Waals surface area contributed by atoms with Gasteiger partial charge in [-0.3, -0.25) is 4.90 Å². The molecule has 0 aromatic heterocycles. The second-order valence-electron chi connectivity index (χ2n) is 7.94. The Hall–Kier alpha value is -2.39. The van der Waals surface area contributed by atoms with Crippen molar-refractivity contribution in [3.8, 4) is 6.07 Å². The first-order chi connectivity index (χ1) is 14.7. The van der Waals surface area contributed by atoms with Crippen LogP contribution in [0.2, 0.25) is 0 Å². The molecule has 2 aromatic rings. The van der Waals surface area contributed by atoms with Gasteiger partial charge in [0.25, 0.3) is 0 Å². The number of anilines is 1. The molecule has 1 aliphatic rings. The minimum atomic E-state index is 0.226. The second kappa shape index (κ2) is 11.7. The van der Waals surface area contributed by atoms with Gasteiger partial charge in [0.1, 0.15) is 0 Å². The van der Waals surface area contributed by atoms with E-state index < -0.39 is 0 Å². The largest absolute Gasteiger partial charge is 0.374 e. The Labute approximate surface area is 181 Å². The Balaban J connectivity index is 1.47. The van der Waals surface area contributed by atoms with Gasteiger partial charge < -0.3 is 15.0 Å². The molecule has 0 saturated carbocycles. The van der Waals surface area contributed by atoms with Gasteiger partial charge in [-0.15, -0.1) is 0 Å². The van der Waals surface area contributed by atoms with E-state index >= 15 is 0 Å². The fourth-order valence-corrected chi connectivity index (χ4v) is 3.99. The Morgan fingerprint density at radius 3 is 2.80 bits per heavy atom. The monoisotopic (exact) mass is 406 g/mol. The van der Waals surface area contributed by atoms with Gasteiger partial charge in [-0.25, -0.2) is 0 Å². The van der Waals surface area contributed by atoms with E-state index in [4.69, 9.17) is 10.00 Å². The molecule has 0 unspecified atom stereocenters.